The van der Waals surface area contributed by atoms with Crippen LogP contribution in [0.5, 0.6) is 5.75 Å². The Bertz CT molecular complexity index is 689. The lowest BCUT2D eigenvalue weighted by molar-refractivity contribution is -0.274. The number of halogens is 3. The van der Waals surface area contributed by atoms with Crippen LogP contribution in [0.4, 0.5) is 18.9 Å². The molecule has 120 valence electrons. The van der Waals surface area contributed by atoms with Crippen LogP contribution < -0.4 is 10.1 Å². The Morgan fingerprint density at radius 1 is 1.04 bits per heavy atom. The van der Waals surface area contributed by atoms with Gasteiger partial charge in [0.05, 0.1) is 0 Å². The van der Waals surface area contributed by atoms with Gasteiger partial charge in [-0.2, -0.15) is 0 Å². The lowest BCUT2D eigenvalue weighted by Crippen LogP contribution is -2.16. The molecule has 0 aromatic heterocycles. The van der Waals surface area contributed by atoms with E-state index >= 15 is 0 Å². The van der Waals surface area contributed by atoms with Gasteiger partial charge in [-0.15, -0.1) is 13.2 Å². The molecule has 0 amide bonds. The third kappa shape index (κ3) is 5.50. The van der Waals surface area contributed by atoms with Gasteiger partial charge in [0.2, 0.25) is 0 Å². The SMILES string of the molecule is Cc1ccc(C(=O)/C=C\Nc2ccc(OC(F)(F)F)cc2)cc1. The van der Waals surface area contributed by atoms with E-state index in [-0.39, 0.29) is 11.5 Å². The second-order valence-corrected chi connectivity index (χ2v) is 4.78. The van der Waals surface area contributed by atoms with E-state index in [4.69, 9.17) is 0 Å². The Hall–Kier alpha value is -2.76. The standard InChI is InChI=1S/C17H14F3NO2/c1-12-2-4-13(5-3-12)16(22)10-11-21-14-6-8-15(9-7-14)23-17(18,19)20/h2-11,21H,1H3/b11-10-. The van der Waals surface area contributed by atoms with Crippen LogP contribution in [0.25, 0.3) is 0 Å². The van der Waals surface area contributed by atoms with Gasteiger partial charge in [0, 0.05) is 23.5 Å². The summed E-state index contributed by atoms with van der Waals surface area (Å²) < 4.78 is 39.9. The molecule has 0 saturated carbocycles. The summed E-state index contributed by atoms with van der Waals surface area (Å²) in [5.41, 5.74) is 2.15. The predicted octanol–water partition coefficient (Wildman–Crippen LogP) is 4.70. The quantitative estimate of drug-likeness (QED) is 0.640. The predicted molar refractivity (Wildman–Crippen MR) is 81.4 cm³/mol. The number of ether oxygens (including phenoxy) is 1. The third-order valence-electron chi connectivity index (χ3n) is 2.91. The number of allylic oxidation sites excluding steroid dienone is 1. The van der Waals surface area contributed by atoms with Gasteiger partial charge in [-0.3, -0.25) is 4.79 Å². The maximum Gasteiger partial charge on any atom is 0.573 e. The molecule has 0 heterocycles. The molecule has 0 unspecified atom stereocenters. The highest BCUT2D eigenvalue weighted by Crippen LogP contribution is 2.23. The first-order chi connectivity index (χ1) is 10.8. The van der Waals surface area contributed by atoms with Crippen molar-refractivity contribution in [3.63, 3.8) is 0 Å². The zero-order valence-corrected chi connectivity index (χ0v) is 12.2. The van der Waals surface area contributed by atoms with Crippen LogP contribution >= 0.6 is 0 Å². The largest absolute Gasteiger partial charge is 0.573 e. The second kappa shape index (κ2) is 7.00. The Balaban J connectivity index is 1.92. The number of rotatable bonds is 5. The Kier molecular flexibility index (Phi) is 5.05. The second-order valence-electron chi connectivity index (χ2n) is 4.78. The summed E-state index contributed by atoms with van der Waals surface area (Å²) in [4.78, 5) is 11.9. The highest BCUT2D eigenvalue weighted by atomic mass is 19.4. The molecule has 0 saturated heterocycles. The van der Waals surface area contributed by atoms with E-state index < -0.39 is 6.36 Å². The normalized spacial score (nSPS) is 11.5. The van der Waals surface area contributed by atoms with Crippen molar-refractivity contribution in [2.75, 3.05) is 5.32 Å². The monoisotopic (exact) mass is 321 g/mol. The molecule has 0 aliphatic rings. The molecule has 0 radical (unpaired) electrons. The van der Waals surface area contributed by atoms with Crippen molar-refractivity contribution in [1.82, 2.24) is 0 Å². The minimum absolute atomic E-state index is 0.172. The van der Waals surface area contributed by atoms with Crippen LogP contribution in [0.2, 0.25) is 0 Å². The highest BCUT2D eigenvalue weighted by molar-refractivity contribution is 6.04. The number of aryl methyl sites for hydroxylation is 1. The summed E-state index contributed by atoms with van der Waals surface area (Å²) in [6, 6.07) is 12.3. The molecule has 2 rings (SSSR count). The average molecular weight is 321 g/mol. The number of nitrogens with one attached hydrogen (secondary N) is 1. The van der Waals surface area contributed by atoms with Gasteiger partial charge >= 0.3 is 6.36 Å². The number of ketones is 1. The van der Waals surface area contributed by atoms with Gasteiger partial charge in [0.15, 0.2) is 5.78 Å². The minimum atomic E-state index is -4.71. The van der Waals surface area contributed by atoms with Gasteiger partial charge in [-0.25, -0.2) is 0 Å². The number of hydrogen-bond donors (Lipinski definition) is 1. The lowest BCUT2D eigenvalue weighted by atomic mass is 10.1. The van der Waals surface area contributed by atoms with E-state index in [9.17, 15) is 18.0 Å². The van der Waals surface area contributed by atoms with Crippen LogP contribution in [0.15, 0.2) is 60.8 Å². The molecule has 3 nitrogen and oxygen atoms in total. The van der Waals surface area contributed by atoms with Crippen molar-refractivity contribution in [2.45, 2.75) is 13.3 Å². The van der Waals surface area contributed by atoms with E-state index in [2.05, 4.69) is 10.1 Å². The number of benzene rings is 2. The summed E-state index contributed by atoms with van der Waals surface area (Å²) in [5.74, 6) is -0.475. The summed E-state index contributed by atoms with van der Waals surface area (Å²) in [6.07, 6.45) is -1.93. The van der Waals surface area contributed by atoms with Gasteiger partial charge < -0.3 is 10.1 Å². The van der Waals surface area contributed by atoms with Crippen LogP contribution in [0, 0.1) is 6.92 Å². The van der Waals surface area contributed by atoms with Crippen molar-refractivity contribution >= 4 is 11.5 Å². The number of carbonyl (C=O) groups is 1. The maximum atomic E-state index is 12.0. The molecule has 6 heteroatoms. The molecule has 0 aliphatic carbocycles. The zero-order chi connectivity index (χ0) is 16.9. The fourth-order valence-electron chi connectivity index (χ4n) is 1.78. The molecule has 0 atom stereocenters. The van der Waals surface area contributed by atoms with Crippen molar-refractivity contribution in [2.24, 2.45) is 0 Å². The van der Waals surface area contributed by atoms with Crippen LogP contribution in [0.3, 0.4) is 0 Å². The van der Waals surface area contributed by atoms with Crippen molar-refractivity contribution < 1.29 is 22.7 Å². The molecule has 2 aromatic carbocycles. The fraction of sp³-hybridized carbons (Fsp3) is 0.118. The van der Waals surface area contributed by atoms with Crippen molar-refractivity contribution in [3.05, 3.63) is 71.9 Å². The molecule has 23 heavy (non-hydrogen) atoms. The number of anilines is 1. The van der Waals surface area contributed by atoms with Gasteiger partial charge in [-0.1, -0.05) is 29.8 Å². The van der Waals surface area contributed by atoms with E-state index in [0.717, 1.165) is 5.56 Å². The van der Waals surface area contributed by atoms with E-state index in [1.165, 1.54) is 36.5 Å². The van der Waals surface area contributed by atoms with Crippen LogP contribution in [-0.2, 0) is 0 Å². The molecular weight excluding hydrogens is 307 g/mol. The van der Waals surface area contributed by atoms with E-state index in [1.807, 2.05) is 19.1 Å². The van der Waals surface area contributed by atoms with Crippen LogP contribution in [-0.4, -0.2) is 12.1 Å². The lowest BCUT2D eigenvalue weighted by Gasteiger charge is -2.09. The first-order valence-corrected chi connectivity index (χ1v) is 6.73. The minimum Gasteiger partial charge on any atom is -0.406 e. The van der Waals surface area contributed by atoms with E-state index in [1.54, 1.807) is 12.1 Å². The van der Waals surface area contributed by atoms with Crippen molar-refractivity contribution in [1.29, 1.82) is 0 Å². The summed E-state index contributed by atoms with van der Waals surface area (Å²) in [5, 5.41) is 2.81. The molecule has 0 aliphatic heterocycles. The molecule has 0 spiro atoms. The smallest absolute Gasteiger partial charge is 0.406 e. The fourth-order valence-corrected chi connectivity index (χ4v) is 1.78. The first-order valence-electron chi connectivity index (χ1n) is 6.73. The molecular formula is C17H14F3NO2. The number of alkyl halides is 3. The van der Waals surface area contributed by atoms with Crippen molar-refractivity contribution in [3.8, 4) is 5.75 Å². The average Bonchev–Trinajstić information content (AvgIpc) is 2.48. The Labute approximate surface area is 131 Å². The zero-order valence-electron chi connectivity index (χ0n) is 12.2. The number of hydrogen-bond acceptors (Lipinski definition) is 3. The van der Waals surface area contributed by atoms with Crippen LogP contribution in [0.1, 0.15) is 15.9 Å². The molecule has 0 bridgehead atoms. The topological polar surface area (TPSA) is 38.3 Å². The maximum absolute atomic E-state index is 12.0. The summed E-state index contributed by atoms with van der Waals surface area (Å²) in [6.45, 7) is 1.93. The Morgan fingerprint density at radius 2 is 1.65 bits per heavy atom. The molecule has 1 N–H and O–H groups in total. The van der Waals surface area contributed by atoms with Gasteiger partial charge in [0.25, 0.3) is 0 Å². The van der Waals surface area contributed by atoms with Gasteiger partial charge in [0.1, 0.15) is 5.75 Å². The molecule has 2 aromatic rings. The van der Waals surface area contributed by atoms with E-state index in [0.29, 0.717) is 11.3 Å². The first kappa shape index (κ1) is 16.6. The molecule has 0 fully saturated rings. The third-order valence-corrected chi connectivity index (χ3v) is 2.91. The Morgan fingerprint density at radius 3 is 2.22 bits per heavy atom. The number of carbonyl (C=O) groups excluding carboxylic acids is 1. The highest BCUT2D eigenvalue weighted by Gasteiger charge is 2.30. The summed E-state index contributed by atoms with van der Waals surface area (Å²) >= 11 is 0. The van der Waals surface area contributed by atoms with Gasteiger partial charge in [-0.05, 0) is 31.2 Å². The summed E-state index contributed by atoms with van der Waals surface area (Å²) in [7, 11) is 0.